The SMILES string of the molecule is C=CCc1ccc2cc3ccccc3cc2c1CC=C. The van der Waals surface area contributed by atoms with E-state index in [9.17, 15) is 0 Å². The molecule has 0 aliphatic carbocycles. The van der Waals surface area contributed by atoms with Gasteiger partial charge in [0, 0.05) is 0 Å². The third-order valence-electron chi connectivity index (χ3n) is 3.81. The summed E-state index contributed by atoms with van der Waals surface area (Å²) in [6.07, 6.45) is 5.76. The van der Waals surface area contributed by atoms with Crippen molar-refractivity contribution in [1.82, 2.24) is 0 Å². The zero-order valence-corrected chi connectivity index (χ0v) is 11.6. The van der Waals surface area contributed by atoms with E-state index in [1.165, 1.54) is 32.7 Å². The van der Waals surface area contributed by atoms with Crippen LogP contribution < -0.4 is 0 Å². The average Bonchev–Trinajstić information content (AvgIpc) is 2.48. The van der Waals surface area contributed by atoms with Crippen LogP contribution in [-0.4, -0.2) is 0 Å². The van der Waals surface area contributed by atoms with Crippen LogP contribution in [-0.2, 0) is 12.8 Å². The van der Waals surface area contributed by atoms with E-state index in [4.69, 9.17) is 0 Å². The fourth-order valence-corrected chi connectivity index (χ4v) is 2.85. The van der Waals surface area contributed by atoms with Crippen molar-refractivity contribution in [2.45, 2.75) is 12.8 Å². The fraction of sp³-hybridized carbons (Fsp3) is 0.100. The van der Waals surface area contributed by atoms with Crippen molar-refractivity contribution in [3.8, 4) is 0 Å². The Morgan fingerprint density at radius 3 is 2.15 bits per heavy atom. The summed E-state index contributed by atoms with van der Waals surface area (Å²) in [5.74, 6) is 0. The minimum Gasteiger partial charge on any atom is -0.103 e. The number of allylic oxidation sites excluding steroid dienone is 2. The molecule has 0 unspecified atom stereocenters. The van der Waals surface area contributed by atoms with Gasteiger partial charge in [-0.05, 0) is 57.6 Å². The Morgan fingerprint density at radius 1 is 0.750 bits per heavy atom. The molecule has 20 heavy (non-hydrogen) atoms. The normalized spacial score (nSPS) is 10.8. The smallest absolute Gasteiger partial charge is 0.00911 e. The van der Waals surface area contributed by atoms with Crippen LogP contribution in [0.2, 0.25) is 0 Å². The van der Waals surface area contributed by atoms with Gasteiger partial charge in [-0.1, -0.05) is 48.6 Å². The van der Waals surface area contributed by atoms with E-state index in [1.807, 2.05) is 12.2 Å². The Balaban J connectivity index is 2.35. The first-order chi connectivity index (χ1) is 9.83. The zero-order valence-electron chi connectivity index (χ0n) is 11.6. The lowest BCUT2D eigenvalue weighted by Gasteiger charge is -2.12. The van der Waals surface area contributed by atoms with Crippen LogP contribution >= 0.6 is 0 Å². The van der Waals surface area contributed by atoms with Crippen LogP contribution in [0.25, 0.3) is 21.5 Å². The molecule has 98 valence electrons. The monoisotopic (exact) mass is 258 g/mol. The molecule has 0 saturated heterocycles. The number of hydrogen-bond donors (Lipinski definition) is 0. The molecular formula is C20H18. The number of rotatable bonds is 4. The lowest BCUT2D eigenvalue weighted by atomic mass is 9.93. The molecule has 3 aromatic rings. The van der Waals surface area contributed by atoms with E-state index in [2.05, 4.69) is 61.7 Å². The summed E-state index contributed by atoms with van der Waals surface area (Å²) in [4.78, 5) is 0. The molecular weight excluding hydrogens is 240 g/mol. The van der Waals surface area contributed by atoms with Crippen molar-refractivity contribution in [3.05, 3.63) is 85.0 Å². The molecule has 0 heteroatoms. The third-order valence-corrected chi connectivity index (χ3v) is 3.81. The summed E-state index contributed by atoms with van der Waals surface area (Å²) >= 11 is 0. The van der Waals surface area contributed by atoms with Gasteiger partial charge in [-0.3, -0.25) is 0 Å². The highest BCUT2D eigenvalue weighted by atomic mass is 14.1. The molecule has 0 atom stereocenters. The van der Waals surface area contributed by atoms with Gasteiger partial charge in [0.25, 0.3) is 0 Å². The fourth-order valence-electron chi connectivity index (χ4n) is 2.85. The maximum Gasteiger partial charge on any atom is -0.00911 e. The second-order valence-electron chi connectivity index (χ2n) is 5.11. The molecule has 0 N–H and O–H groups in total. The van der Waals surface area contributed by atoms with E-state index in [1.54, 1.807) is 0 Å². The molecule has 0 heterocycles. The average molecular weight is 258 g/mol. The summed E-state index contributed by atoms with van der Waals surface area (Å²) < 4.78 is 0. The Kier molecular flexibility index (Phi) is 3.39. The topological polar surface area (TPSA) is 0 Å². The first-order valence-electron chi connectivity index (χ1n) is 6.98. The summed E-state index contributed by atoms with van der Waals surface area (Å²) in [7, 11) is 0. The molecule has 0 aliphatic heterocycles. The van der Waals surface area contributed by atoms with Crippen molar-refractivity contribution >= 4 is 21.5 Å². The third kappa shape index (κ3) is 2.14. The quantitative estimate of drug-likeness (QED) is 0.431. The molecule has 0 saturated carbocycles. The van der Waals surface area contributed by atoms with E-state index < -0.39 is 0 Å². The van der Waals surface area contributed by atoms with Crippen LogP contribution in [0, 0.1) is 0 Å². The molecule has 3 aromatic carbocycles. The van der Waals surface area contributed by atoms with E-state index in [-0.39, 0.29) is 0 Å². The summed E-state index contributed by atoms with van der Waals surface area (Å²) in [6.45, 7) is 7.76. The van der Waals surface area contributed by atoms with Gasteiger partial charge in [0.05, 0.1) is 0 Å². The first kappa shape index (κ1) is 12.7. The largest absolute Gasteiger partial charge is 0.103 e. The maximum atomic E-state index is 3.90. The van der Waals surface area contributed by atoms with Gasteiger partial charge in [-0.25, -0.2) is 0 Å². The number of hydrogen-bond acceptors (Lipinski definition) is 0. The van der Waals surface area contributed by atoms with Gasteiger partial charge >= 0.3 is 0 Å². The molecule has 0 bridgehead atoms. The molecule has 0 fully saturated rings. The Hall–Kier alpha value is -2.34. The summed E-state index contributed by atoms with van der Waals surface area (Å²) in [5, 5.41) is 5.22. The molecule has 0 radical (unpaired) electrons. The van der Waals surface area contributed by atoms with Gasteiger partial charge in [0.2, 0.25) is 0 Å². The van der Waals surface area contributed by atoms with Gasteiger partial charge in [0.15, 0.2) is 0 Å². The Bertz CT molecular complexity index is 794. The minimum atomic E-state index is 0.902. The van der Waals surface area contributed by atoms with Crippen molar-refractivity contribution in [3.63, 3.8) is 0 Å². The van der Waals surface area contributed by atoms with Crippen LogP contribution in [0.4, 0.5) is 0 Å². The van der Waals surface area contributed by atoms with Crippen molar-refractivity contribution < 1.29 is 0 Å². The zero-order chi connectivity index (χ0) is 13.9. The van der Waals surface area contributed by atoms with Crippen molar-refractivity contribution in [2.75, 3.05) is 0 Å². The lowest BCUT2D eigenvalue weighted by Crippen LogP contribution is -1.94. The second-order valence-corrected chi connectivity index (χ2v) is 5.11. The van der Waals surface area contributed by atoms with Crippen molar-refractivity contribution in [2.24, 2.45) is 0 Å². The van der Waals surface area contributed by atoms with E-state index >= 15 is 0 Å². The van der Waals surface area contributed by atoms with Crippen LogP contribution in [0.5, 0.6) is 0 Å². The van der Waals surface area contributed by atoms with E-state index in [0.29, 0.717) is 0 Å². The summed E-state index contributed by atoms with van der Waals surface area (Å²) in [6, 6.07) is 17.5. The number of benzene rings is 3. The highest BCUT2D eigenvalue weighted by molar-refractivity contribution is 6.00. The predicted octanol–water partition coefficient (Wildman–Crippen LogP) is 5.45. The molecule has 0 amide bonds. The van der Waals surface area contributed by atoms with Gasteiger partial charge < -0.3 is 0 Å². The highest BCUT2D eigenvalue weighted by Crippen LogP contribution is 2.28. The van der Waals surface area contributed by atoms with Crippen LogP contribution in [0.1, 0.15) is 11.1 Å². The maximum absolute atomic E-state index is 3.90. The second kappa shape index (κ2) is 5.34. The lowest BCUT2D eigenvalue weighted by molar-refractivity contribution is 1.18. The van der Waals surface area contributed by atoms with Gasteiger partial charge in [-0.2, -0.15) is 0 Å². The first-order valence-corrected chi connectivity index (χ1v) is 6.98. The Morgan fingerprint density at radius 2 is 1.45 bits per heavy atom. The Labute approximate surface area is 120 Å². The van der Waals surface area contributed by atoms with E-state index in [0.717, 1.165) is 12.8 Å². The standard InChI is InChI=1S/C20H18/c1-3-7-15-11-12-18-13-16-9-5-6-10-17(16)14-20(18)19(15)8-4-2/h3-6,9-14H,1-2,7-8H2. The molecule has 0 aliphatic rings. The highest BCUT2D eigenvalue weighted by Gasteiger charge is 2.07. The molecule has 0 aromatic heterocycles. The van der Waals surface area contributed by atoms with Gasteiger partial charge in [-0.15, -0.1) is 13.2 Å². The van der Waals surface area contributed by atoms with Crippen LogP contribution in [0.3, 0.4) is 0 Å². The molecule has 3 rings (SSSR count). The van der Waals surface area contributed by atoms with Crippen LogP contribution in [0.15, 0.2) is 73.8 Å². The number of fused-ring (bicyclic) bond motifs is 2. The van der Waals surface area contributed by atoms with Crippen molar-refractivity contribution in [1.29, 1.82) is 0 Å². The molecule has 0 spiro atoms. The van der Waals surface area contributed by atoms with Gasteiger partial charge in [0.1, 0.15) is 0 Å². The predicted molar refractivity (Wildman–Crippen MR) is 89.3 cm³/mol. The summed E-state index contributed by atoms with van der Waals surface area (Å²) in [5.41, 5.74) is 2.73. The molecule has 0 nitrogen and oxygen atoms in total. The minimum absolute atomic E-state index is 0.902.